The number of hydrogen-bond acceptors (Lipinski definition) is 11. The first-order valence-corrected chi connectivity index (χ1v) is 12.2. The maximum atomic E-state index is 11.9. The number of ether oxygens (including phenoxy) is 2. The molecule has 0 radical (unpaired) electrons. The third kappa shape index (κ3) is 8.35. The number of benzene rings is 1. The van der Waals surface area contributed by atoms with Gasteiger partial charge < -0.3 is 35.2 Å². The summed E-state index contributed by atoms with van der Waals surface area (Å²) in [4.78, 5) is 59.6. The van der Waals surface area contributed by atoms with Crippen LogP contribution in [0.2, 0.25) is 0 Å². The van der Waals surface area contributed by atoms with Crippen LogP contribution in [0.4, 0.5) is 9.59 Å². The average molecular weight is 557 g/mol. The molecule has 218 valence electrons. The Hall–Kier alpha value is -3.79. The molecule has 1 fully saturated rings. The van der Waals surface area contributed by atoms with Gasteiger partial charge in [0, 0.05) is 0 Å². The molecule has 6 N–H and O–H groups in total. The zero-order valence-electron chi connectivity index (χ0n) is 21.9. The van der Waals surface area contributed by atoms with Gasteiger partial charge in [-0.1, -0.05) is 38.8 Å². The number of imide groups is 1. The fraction of sp³-hybridized carbons (Fsp3) is 0.542. The number of esters is 2. The second kappa shape index (κ2) is 16.9. The number of carbonyl (C=O) groups excluding carboxylic acids is 5. The molecular weight excluding hydrogens is 520 g/mol. The zero-order valence-corrected chi connectivity index (χ0v) is 21.9. The molecule has 39 heavy (non-hydrogen) atoms. The molecule has 0 aliphatic carbocycles. The van der Waals surface area contributed by atoms with Gasteiger partial charge in [0.2, 0.25) is 5.66 Å². The van der Waals surface area contributed by atoms with Gasteiger partial charge in [-0.25, -0.2) is 19.2 Å². The summed E-state index contributed by atoms with van der Waals surface area (Å²) >= 11 is 0. The van der Waals surface area contributed by atoms with Crippen molar-refractivity contribution in [2.24, 2.45) is 0 Å². The molecule has 5 amide bonds. The van der Waals surface area contributed by atoms with Crippen LogP contribution in [0.15, 0.2) is 24.3 Å². The second-order valence-electron chi connectivity index (χ2n) is 8.04. The Morgan fingerprint density at radius 2 is 1.46 bits per heavy atom. The lowest BCUT2D eigenvalue weighted by molar-refractivity contribution is -0.147. The highest BCUT2D eigenvalue weighted by Crippen LogP contribution is 2.25. The van der Waals surface area contributed by atoms with Gasteiger partial charge in [0.1, 0.15) is 20.2 Å². The predicted molar refractivity (Wildman–Crippen MR) is 134 cm³/mol. The van der Waals surface area contributed by atoms with Crippen LogP contribution in [0.3, 0.4) is 0 Å². The van der Waals surface area contributed by atoms with E-state index in [1.165, 1.54) is 0 Å². The average Bonchev–Trinajstić information content (AvgIpc) is 3.18. The minimum Gasteiger partial charge on any atom is -0.462 e. The molecule has 1 heterocycles. The Labute approximate surface area is 225 Å². The fourth-order valence-electron chi connectivity index (χ4n) is 3.37. The smallest absolute Gasteiger partial charge is 0.339 e. The third-order valence-electron chi connectivity index (χ3n) is 5.53. The van der Waals surface area contributed by atoms with Crippen LogP contribution in [0.1, 0.15) is 60.2 Å². The minimum atomic E-state index is -2.28. The van der Waals surface area contributed by atoms with E-state index in [4.69, 9.17) is 24.8 Å². The standard InChI is InChI=1S/C16H22O4.C8H14N4O7/c1-3-5-11-19-15(17)13-9-7-8-10-14(13)16(18)20-12-6-4-2;13-1-8(11(3-15)6(18)9-2-14)5(17)10-7(19)12(8)4-16/h7-10H,3-6,11-12H2,1-2H3;13-16H,1-4H2,(H,9,18)(H,10,17,19). The van der Waals surface area contributed by atoms with Crippen molar-refractivity contribution in [3.05, 3.63) is 35.4 Å². The van der Waals surface area contributed by atoms with Gasteiger partial charge in [0.05, 0.1) is 30.9 Å². The highest BCUT2D eigenvalue weighted by atomic mass is 16.5. The van der Waals surface area contributed by atoms with Crippen LogP contribution in [0.5, 0.6) is 0 Å². The minimum absolute atomic E-state index is 0.269. The molecule has 1 aromatic carbocycles. The molecule has 2 rings (SSSR count). The van der Waals surface area contributed by atoms with E-state index in [0.717, 1.165) is 25.7 Å². The molecule has 15 heteroatoms. The van der Waals surface area contributed by atoms with Gasteiger partial charge in [-0.3, -0.25) is 19.9 Å². The summed E-state index contributed by atoms with van der Waals surface area (Å²) in [5.41, 5.74) is -1.74. The van der Waals surface area contributed by atoms with E-state index in [-0.39, 0.29) is 11.1 Å². The number of aliphatic hydroxyl groups is 4. The maximum Gasteiger partial charge on any atom is 0.339 e. The van der Waals surface area contributed by atoms with Crippen LogP contribution < -0.4 is 10.6 Å². The molecule has 1 aliphatic heterocycles. The molecule has 0 bridgehead atoms. The van der Waals surface area contributed by atoms with Crippen LogP contribution in [0.25, 0.3) is 0 Å². The van der Waals surface area contributed by atoms with E-state index in [1.807, 2.05) is 19.2 Å². The summed E-state index contributed by atoms with van der Waals surface area (Å²) in [5.74, 6) is -2.03. The quantitative estimate of drug-likeness (QED) is 0.0801. The van der Waals surface area contributed by atoms with Crippen molar-refractivity contribution in [2.75, 3.05) is 40.0 Å². The van der Waals surface area contributed by atoms with Crippen LogP contribution in [-0.4, -0.2) is 106 Å². The Kier molecular flexibility index (Phi) is 14.4. The summed E-state index contributed by atoms with van der Waals surface area (Å²) in [5, 5.41) is 39.9. The molecule has 1 saturated heterocycles. The summed E-state index contributed by atoms with van der Waals surface area (Å²) in [7, 11) is 0. The highest BCUT2D eigenvalue weighted by Gasteiger charge is 2.58. The molecule has 0 aromatic heterocycles. The van der Waals surface area contributed by atoms with Gasteiger partial charge in [-0.05, 0) is 25.0 Å². The summed E-state index contributed by atoms with van der Waals surface area (Å²) in [6.45, 7) is 0.934. The molecule has 0 spiro atoms. The molecular formula is C24H36N4O11. The first kappa shape index (κ1) is 33.2. The van der Waals surface area contributed by atoms with E-state index >= 15 is 0 Å². The van der Waals surface area contributed by atoms with Crippen molar-refractivity contribution in [1.29, 1.82) is 0 Å². The van der Waals surface area contributed by atoms with Crippen molar-refractivity contribution in [1.82, 2.24) is 20.4 Å². The number of nitrogens with one attached hydrogen (secondary N) is 2. The first-order valence-electron chi connectivity index (χ1n) is 12.2. The van der Waals surface area contributed by atoms with Crippen molar-refractivity contribution in [3.8, 4) is 0 Å². The lowest BCUT2D eigenvalue weighted by atomic mass is 10.1. The Balaban J connectivity index is 0.000000391. The van der Waals surface area contributed by atoms with E-state index in [9.17, 15) is 29.1 Å². The van der Waals surface area contributed by atoms with Crippen molar-refractivity contribution in [3.63, 3.8) is 0 Å². The van der Waals surface area contributed by atoms with Crippen molar-refractivity contribution < 1.29 is 53.9 Å². The normalized spacial score (nSPS) is 16.1. The third-order valence-corrected chi connectivity index (χ3v) is 5.53. The topological polar surface area (TPSA) is 215 Å². The predicted octanol–water partition coefficient (Wildman–Crippen LogP) is -0.312. The maximum absolute atomic E-state index is 11.9. The Morgan fingerprint density at radius 3 is 1.85 bits per heavy atom. The SMILES string of the molecule is CCCCOC(=O)c1ccccc1C(=O)OCCCC.O=C(NCO)N(CO)C1(CO)C(=O)NC(=O)N1CO. The molecule has 1 atom stereocenters. The number of rotatable bonds is 13. The molecule has 15 nitrogen and oxygen atoms in total. The molecule has 0 saturated carbocycles. The molecule has 1 aromatic rings. The van der Waals surface area contributed by atoms with Gasteiger partial charge in [0.25, 0.3) is 5.91 Å². The number of aliphatic hydroxyl groups excluding tert-OH is 4. The number of unbranched alkanes of at least 4 members (excludes halogenated alkanes) is 2. The lowest BCUT2D eigenvalue weighted by Gasteiger charge is -2.40. The van der Waals surface area contributed by atoms with Crippen molar-refractivity contribution in [2.45, 2.75) is 45.2 Å². The molecule has 1 aliphatic rings. The van der Waals surface area contributed by atoms with Gasteiger partial charge in [0.15, 0.2) is 0 Å². The molecule has 1 unspecified atom stereocenters. The van der Waals surface area contributed by atoms with E-state index < -0.39 is 62.4 Å². The van der Waals surface area contributed by atoms with Crippen LogP contribution in [0, 0.1) is 0 Å². The van der Waals surface area contributed by atoms with Crippen LogP contribution in [-0.2, 0) is 14.3 Å². The Bertz CT molecular complexity index is 950. The fourth-order valence-corrected chi connectivity index (χ4v) is 3.37. The number of nitrogens with zero attached hydrogens (tertiary/aromatic N) is 2. The number of carbonyl (C=O) groups is 5. The second-order valence-corrected chi connectivity index (χ2v) is 8.04. The zero-order chi connectivity index (χ0) is 29.4. The number of hydrogen-bond donors (Lipinski definition) is 6. The monoisotopic (exact) mass is 556 g/mol. The summed E-state index contributed by atoms with van der Waals surface area (Å²) < 4.78 is 10.3. The number of urea groups is 2. The highest BCUT2D eigenvalue weighted by molar-refractivity contribution is 6.08. The summed E-state index contributed by atoms with van der Waals surface area (Å²) in [6.07, 6.45) is 3.53. The lowest BCUT2D eigenvalue weighted by Crippen LogP contribution is -2.68. The summed E-state index contributed by atoms with van der Waals surface area (Å²) in [6, 6.07) is 4.45. The van der Waals surface area contributed by atoms with E-state index in [2.05, 4.69) is 0 Å². The van der Waals surface area contributed by atoms with Crippen LogP contribution >= 0.6 is 0 Å². The van der Waals surface area contributed by atoms with Gasteiger partial charge in [-0.15, -0.1) is 0 Å². The van der Waals surface area contributed by atoms with E-state index in [0.29, 0.717) is 23.0 Å². The van der Waals surface area contributed by atoms with Crippen molar-refractivity contribution >= 4 is 29.9 Å². The van der Waals surface area contributed by atoms with Gasteiger partial charge >= 0.3 is 24.0 Å². The number of amides is 5. The largest absolute Gasteiger partial charge is 0.462 e. The first-order chi connectivity index (χ1) is 18.7. The Morgan fingerprint density at radius 1 is 0.949 bits per heavy atom. The van der Waals surface area contributed by atoms with Gasteiger partial charge in [-0.2, -0.15) is 0 Å². The van der Waals surface area contributed by atoms with E-state index in [1.54, 1.807) is 29.6 Å².